The van der Waals surface area contributed by atoms with E-state index in [4.69, 9.17) is 0 Å². The summed E-state index contributed by atoms with van der Waals surface area (Å²) in [5.41, 5.74) is -1.84. The van der Waals surface area contributed by atoms with Crippen molar-refractivity contribution in [2.45, 2.75) is 26.1 Å². The van der Waals surface area contributed by atoms with Gasteiger partial charge >= 0.3 is 6.18 Å². The lowest BCUT2D eigenvalue weighted by Crippen LogP contribution is -2.31. The number of alkyl halides is 3. The highest BCUT2D eigenvalue weighted by Gasteiger charge is 2.34. The van der Waals surface area contributed by atoms with Crippen LogP contribution in [0.5, 0.6) is 0 Å². The third kappa shape index (κ3) is 5.88. The summed E-state index contributed by atoms with van der Waals surface area (Å²) in [6.07, 6.45) is -4.88. The highest BCUT2D eigenvalue weighted by atomic mass is 32.2. The van der Waals surface area contributed by atoms with Gasteiger partial charge in [-0.2, -0.15) is 13.2 Å². The van der Waals surface area contributed by atoms with Crippen molar-refractivity contribution in [1.29, 1.82) is 0 Å². The van der Waals surface area contributed by atoms with E-state index in [0.29, 0.717) is 12.1 Å². The average Bonchev–Trinajstić information content (AvgIpc) is 2.29. The fraction of sp³-hybridized carbons (Fsp3) is 0.500. The maximum Gasteiger partial charge on any atom is 0.419 e. The smallest absolute Gasteiger partial charge is 0.313 e. The minimum atomic E-state index is -4.88. The van der Waals surface area contributed by atoms with Crippen LogP contribution >= 0.6 is 0 Å². The first kappa shape index (κ1) is 17.7. The quantitative estimate of drug-likeness (QED) is 0.789. The topological polar surface area (TPSA) is 58.2 Å². The molecule has 0 heterocycles. The predicted octanol–water partition coefficient (Wildman–Crippen LogP) is 2.58. The van der Waals surface area contributed by atoms with Crippen LogP contribution < -0.4 is 10.0 Å². The molecule has 1 rings (SSSR count). The molecule has 0 saturated heterocycles. The first-order chi connectivity index (χ1) is 9.51. The van der Waals surface area contributed by atoms with E-state index in [-0.39, 0.29) is 24.0 Å². The fourth-order valence-electron chi connectivity index (χ4n) is 1.52. The van der Waals surface area contributed by atoms with Gasteiger partial charge in [-0.15, -0.1) is 0 Å². The second-order valence-electron chi connectivity index (χ2n) is 4.72. The van der Waals surface area contributed by atoms with Gasteiger partial charge in [0.1, 0.15) is 5.82 Å². The van der Waals surface area contributed by atoms with E-state index in [9.17, 15) is 26.0 Å². The second-order valence-corrected chi connectivity index (χ2v) is 6.56. The first-order valence-electron chi connectivity index (χ1n) is 6.12. The molecule has 0 bridgehead atoms. The molecule has 0 aliphatic carbocycles. The van der Waals surface area contributed by atoms with Gasteiger partial charge in [-0.1, -0.05) is 13.8 Å². The highest BCUT2D eigenvalue weighted by molar-refractivity contribution is 7.92. The average molecular weight is 328 g/mol. The molecular formula is C12H16F4N2O2S. The summed E-state index contributed by atoms with van der Waals surface area (Å²) < 4.78 is 76.1. The third-order valence-corrected chi connectivity index (χ3v) is 3.76. The zero-order chi connectivity index (χ0) is 16.3. The molecule has 2 N–H and O–H groups in total. The molecule has 0 aromatic heterocycles. The van der Waals surface area contributed by atoms with Crippen molar-refractivity contribution < 1.29 is 26.0 Å². The normalized spacial score (nSPS) is 12.7. The summed E-state index contributed by atoms with van der Waals surface area (Å²) in [4.78, 5) is 0. The van der Waals surface area contributed by atoms with Crippen molar-refractivity contribution in [2.24, 2.45) is 0 Å². The van der Waals surface area contributed by atoms with Crippen molar-refractivity contribution in [1.82, 2.24) is 5.32 Å². The lowest BCUT2D eigenvalue weighted by molar-refractivity contribution is -0.139. The van der Waals surface area contributed by atoms with Gasteiger partial charge in [0.05, 0.1) is 11.3 Å². The lowest BCUT2D eigenvalue weighted by Gasteiger charge is -2.13. The molecule has 0 unspecified atom stereocenters. The number of rotatable bonds is 6. The molecule has 120 valence electrons. The fourth-order valence-corrected chi connectivity index (χ4v) is 2.49. The Labute approximate surface area is 120 Å². The molecule has 4 nitrogen and oxygen atoms in total. The SMILES string of the molecule is CC(C)NCCS(=O)(=O)Nc1ccc(F)c(C(F)(F)F)c1. The minimum absolute atomic E-state index is 0.0860. The number of benzene rings is 1. The number of nitrogens with one attached hydrogen (secondary N) is 2. The van der Waals surface area contributed by atoms with Gasteiger partial charge < -0.3 is 5.32 Å². The van der Waals surface area contributed by atoms with Gasteiger partial charge in [0.2, 0.25) is 10.0 Å². The van der Waals surface area contributed by atoms with Crippen LogP contribution in [-0.2, 0) is 16.2 Å². The molecule has 0 atom stereocenters. The Morgan fingerprint density at radius 3 is 2.38 bits per heavy atom. The van der Waals surface area contributed by atoms with Crippen LogP contribution in [0.2, 0.25) is 0 Å². The van der Waals surface area contributed by atoms with Crippen LogP contribution in [0.3, 0.4) is 0 Å². The Hall–Kier alpha value is -1.35. The maximum atomic E-state index is 13.1. The monoisotopic (exact) mass is 328 g/mol. The highest BCUT2D eigenvalue weighted by Crippen LogP contribution is 2.33. The summed E-state index contributed by atoms with van der Waals surface area (Å²) in [6, 6.07) is 2.04. The molecule has 9 heteroatoms. The van der Waals surface area contributed by atoms with Crippen molar-refractivity contribution >= 4 is 15.7 Å². The van der Waals surface area contributed by atoms with Gasteiger partial charge in [-0.25, -0.2) is 12.8 Å². The molecule has 1 aromatic rings. The molecule has 0 aliphatic rings. The molecule has 0 radical (unpaired) electrons. The number of anilines is 1. The molecular weight excluding hydrogens is 312 g/mol. The maximum absolute atomic E-state index is 13.1. The van der Waals surface area contributed by atoms with Gasteiger partial charge in [-0.05, 0) is 18.2 Å². The van der Waals surface area contributed by atoms with Crippen LogP contribution in [0.1, 0.15) is 19.4 Å². The Balaban J connectivity index is 2.83. The second kappa shape index (κ2) is 6.61. The van der Waals surface area contributed by atoms with Crippen LogP contribution in [0.4, 0.5) is 23.2 Å². The summed E-state index contributed by atoms with van der Waals surface area (Å²) in [5.74, 6) is -1.75. The van der Waals surface area contributed by atoms with Crippen molar-refractivity contribution in [3.05, 3.63) is 29.6 Å². The predicted molar refractivity (Wildman–Crippen MR) is 72.0 cm³/mol. The Kier molecular flexibility index (Phi) is 5.57. The van der Waals surface area contributed by atoms with Crippen molar-refractivity contribution in [3.63, 3.8) is 0 Å². The van der Waals surface area contributed by atoms with Crippen LogP contribution in [0.25, 0.3) is 0 Å². The zero-order valence-corrected chi connectivity index (χ0v) is 12.3. The van der Waals surface area contributed by atoms with E-state index >= 15 is 0 Å². The van der Waals surface area contributed by atoms with Crippen LogP contribution in [0.15, 0.2) is 18.2 Å². The Bertz CT molecular complexity index is 585. The minimum Gasteiger partial charge on any atom is -0.313 e. The molecule has 21 heavy (non-hydrogen) atoms. The summed E-state index contributed by atoms with van der Waals surface area (Å²) in [6.45, 7) is 3.81. The van der Waals surface area contributed by atoms with E-state index in [1.54, 1.807) is 0 Å². The van der Waals surface area contributed by atoms with E-state index in [0.717, 1.165) is 6.07 Å². The Morgan fingerprint density at radius 1 is 1.24 bits per heavy atom. The third-order valence-electron chi connectivity index (χ3n) is 2.47. The van der Waals surface area contributed by atoms with Gasteiger partial charge in [0, 0.05) is 18.3 Å². The van der Waals surface area contributed by atoms with Crippen LogP contribution in [0, 0.1) is 5.82 Å². The van der Waals surface area contributed by atoms with Gasteiger partial charge in [0.15, 0.2) is 0 Å². The molecule has 0 amide bonds. The van der Waals surface area contributed by atoms with Crippen molar-refractivity contribution in [3.8, 4) is 0 Å². The summed E-state index contributed by atoms with van der Waals surface area (Å²) in [5, 5.41) is 2.87. The van der Waals surface area contributed by atoms with Gasteiger partial charge in [0.25, 0.3) is 0 Å². The largest absolute Gasteiger partial charge is 0.419 e. The molecule has 0 fully saturated rings. The van der Waals surface area contributed by atoms with E-state index in [2.05, 4.69) is 5.32 Å². The van der Waals surface area contributed by atoms with E-state index < -0.39 is 27.6 Å². The zero-order valence-electron chi connectivity index (χ0n) is 11.5. The number of sulfonamides is 1. The number of halogens is 4. The Morgan fingerprint density at radius 2 is 1.86 bits per heavy atom. The standard InChI is InChI=1S/C12H16F4N2O2S/c1-8(2)17-5-6-21(19,20)18-9-3-4-11(13)10(7-9)12(14,15)16/h3-4,7-8,17-18H,5-6H2,1-2H3. The molecule has 0 aliphatic heterocycles. The summed E-state index contributed by atoms with van der Waals surface area (Å²) in [7, 11) is -3.81. The molecule has 0 saturated carbocycles. The molecule has 0 spiro atoms. The van der Waals surface area contributed by atoms with Crippen molar-refractivity contribution in [2.75, 3.05) is 17.0 Å². The first-order valence-corrected chi connectivity index (χ1v) is 7.77. The molecule has 1 aromatic carbocycles. The van der Waals surface area contributed by atoms with E-state index in [1.807, 2.05) is 18.6 Å². The van der Waals surface area contributed by atoms with E-state index in [1.165, 1.54) is 0 Å². The number of hydrogen-bond donors (Lipinski definition) is 2. The van der Waals surface area contributed by atoms with Gasteiger partial charge in [-0.3, -0.25) is 4.72 Å². The lowest BCUT2D eigenvalue weighted by atomic mass is 10.2. The number of hydrogen-bond acceptors (Lipinski definition) is 3. The summed E-state index contributed by atoms with van der Waals surface area (Å²) >= 11 is 0. The van der Waals surface area contributed by atoms with Crippen LogP contribution in [-0.4, -0.2) is 26.8 Å².